The Bertz CT molecular complexity index is 934. The summed E-state index contributed by atoms with van der Waals surface area (Å²) in [5.74, 6) is -0.191. The fourth-order valence-corrected chi connectivity index (χ4v) is 4.74. The molecule has 2 N–H and O–H groups in total. The Morgan fingerprint density at radius 3 is 2.36 bits per heavy atom. The van der Waals surface area contributed by atoms with E-state index in [1.807, 2.05) is 0 Å². The van der Waals surface area contributed by atoms with Crippen molar-refractivity contribution in [3.8, 4) is 0 Å². The average molecular weight is 402 g/mol. The van der Waals surface area contributed by atoms with Crippen LogP contribution in [-0.2, 0) is 21.2 Å². The molecule has 2 aromatic carbocycles. The predicted octanol–water partition coefficient (Wildman–Crippen LogP) is 3.07. The number of nitrogens with one attached hydrogen (secondary N) is 2. The van der Waals surface area contributed by atoms with Crippen LogP contribution in [0.3, 0.4) is 0 Å². The highest BCUT2D eigenvalue weighted by Gasteiger charge is 2.17. The molecule has 0 bridgehead atoms. The molecule has 0 atom stereocenters. The first-order valence-electron chi connectivity index (χ1n) is 9.57. The standard InChI is InChI=1S/C21H27N3O3S/c1-16-15-19(23-17(2)25)7-10-21(16)28(26,27)22-12-11-18-5-8-20(9-6-18)24-13-3-4-14-24/h5-10,15,22H,3-4,11-14H2,1-2H3,(H,23,25). The summed E-state index contributed by atoms with van der Waals surface area (Å²) < 4.78 is 27.9. The van der Waals surface area contributed by atoms with Gasteiger partial charge in [0.1, 0.15) is 0 Å². The van der Waals surface area contributed by atoms with Crippen molar-refractivity contribution in [3.63, 3.8) is 0 Å². The van der Waals surface area contributed by atoms with Crippen LogP contribution < -0.4 is 14.9 Å². The molecule has 1 amide bonds. The zero-order valence-corrected chi connectivity index (χ0v) is 17.2. The Balaban J connectivity index is 1.58. The highest BCUT2D eigenvalue weighted by atomic mass is 32.2. The molecular formula is C21H27N3O3S. The van der Waals surface area contributed by atoms with Gasteiger partial charge in [0, 0.05) is 37.9 Å². The number of amides is 1. The lowest BCUT2D eigenvalue weighted by Gasteiger charge is -2.17. The molecule has 0 spiro atoms. The second-order valence-electron chi connectivity index (χ2n) is 7.17. The van der Waals surface area contributed by atoms with Crippen molar-refractivity contribution in [2.75, 3.05) is 29.9 Å². The van der Waals surface area contributed by atoms with Crippen LogP contribution in [0.15, 0.2) is 47.4 Å². The van der Waals surface area contributed by atoms with Crippen molar-refractivity contribution in [1.29, 1.82) is 0 Å². The predicted molar refractivity (Wildman–Crippen MR) is 112 cm³/mol. The fraction of sp³-hybridized carbons (Fsp3) is 0.381. The molecule has 0 aliphatic carbocycles. The summed E-state index contributed by atoms with van der Waals surface area (Å²) in [4.78, 5) is 13.7. The number of aryl methyl sites for hydroxylation is 1. The van der Waals surface area contributed by atoms with Crippen LogP contribution in [0.4, 0.5) is 11.4 Å². The average Bonchev–Trinajstić information content (AvgIpc) is 3.16. The number of anilines is 2. The number of benzene rings is 2. The second kappa shape index (κ2) is 8.75. The lowest BCUT2D eigenvalue weighted by molar-refractivity contribution is -0.114. The van der Waals surface area contributed by atoms with Crippen molar-refractivity contribution in [1.82, 2.24) is 4.72 Å². The Morgan fingerprint density at radius 2 is 1.75 bits per heavy atom. The Morgan fingerprint density at radius 1 is 1.07 bits per heavy atom. The molecule has 3 rings (SSSR count). The smallest absolute Gasteiger partial charge is 0.240 e. The van der Waals surface area contributed by atoms with Gasteiger partial charge in [0.15, 0.2) is 0 Å². The maximum Gasteiger partial charge on any atom is 0.240 e. The third kappa shape index (κ3) is 5.11. The molecule has 2 aromatic rings. The summed E-state index contributed by atoms with van der Waals surface area (Å²) in [6.07, 6.45) is 3.12. The van der Waals surface area contributed by atoms with Gasteiger partial charge >= 0.3 is 0 Å². The topological polar surface area (TPSA) is 78.5 Å². The van der Waals surface area contributed by atoms with Gasteiger partial charge in [-0.25, -0.2) is 13.1 Å². The van der Waals surface area contributed by atoms with Gasteiger partial charge in [0.25, 0.3) is 0 Å². The van der Waals surface area contributed by atoms with E-state index in [0.717, 1.165) is 18.7 Å². The van der Waals surface area contributed by atoms with E-state index in [2.05, 4.69) is 39.2 Å². The van der Waals surface area contributed by atoms with Gasteiger partial charge in [-0.05, 0) is 67.6 Å². The summed E-state index contributed by atoms with van der Waals surface area (Å²) in [5.41, 5.74) is 3.51. The van der Waals surface area contributed by atoms with E-state index in [1.54, 1.807) is 19.1 Å². The largest absolute Gasteiger partial charge is 0.372 e. The zero-order chi connectivity index (χ0) is 20.1. The van der Waals surface area contributed by atoms with E-state index in [1.165, 1.54) is 31.5 Å². The second-order valence-corrected chi connectivity index (χ2v) is 8.91. The zero-order valence-electron chi connectivity index (χ0n) is 16.4. The minimum atomic E-state index is -3.60. The summed E-state index contributed by atoms with van der Waals surface area (Å²) in [7, 11) is -3.60. The van der Waals surface area contributed by atoms with Crippen molar-refractivity contribution in [2.24, 2.45) is 0 Å². The first kappa shape index (κ1) is 20.4. The first-order valence-corrected chi connectivity index (χ1v) is 11.1. The van der Waals surface area contributed by atoms with E-state index in [-0.39, 0.29) is 10.8 Å². The van der Waals surface area contributed by atoms with Gasteiger partial charge in [-0.3, -0.25) is 4.79 Å². The number of hydrogen-bond donors (Lipinski definition) is 2. The number of sulfonamides is 1. The molecule has 1 aliphatic rings. The van der Waals surface area contributed by atoms with Crippen LogP contribution in [0.5, 0.6) is 0 Å². The highest BCUT2D eigenvalue weighted by molar-refractivity contribution is 7.89. The normalized spacial score (nSPS) is 14.3. The van der Waals surface area contributed by atoms with Gasteiger partial charge in [-0.1, -0.05) is 12.1 Å². The van der Waals surface area contributed by atoms with Crippen LogP contribution in [0.2, 0.25) is 0 Å². The molecule has 0 radical (unpaired) electrons. The number of hydrogen-bond acceptors (Lipinski definition) is 4. The third-order valence-corrected chi connectivity index (χ3v) is 6.52. The third-order valence-electron chi connectivity index (χ3n) is 4.90. The number of carbonyl (C=O) groups excluding carboxylic acids is 1. The van der Waals surface area contributed by atoms with Crippen LogP contribution in [-0.4, -0.2) is 34.0 Å². The molecule has 1 aliphatic heterocycles. The highest BCUT2D eigenvalue weighted by Crippen LogP contribution is 2.21. The van der Waals surface area contributed by atoms with Crippen molar-refractivity contribution >= 4 is 27.3 Å². The van der Waals surface area contributed by atoms with Crippen molar-refractivity contribution in [2.45, 2.75) is 38.0 Å². The van der Waals surface area contributed by atoms with Gasteiger partial charge in [0.2, 0.25) is 15.9 Å². The molecule has 28 heavy (non-hydrogen) atoms. The molecule has 1 saturated heterocycles. The molecule has 7 heteroatoms. The summed E-state index contributed by atoms with van der Waals surface area (Å²) in [6.45, 7) is 5.69. The Labute approximate surface area is 167 Å². The van der Waals surface area contributed by atoms with Crippen molar-refractivity contribution < 1.29 is 13.2 Å². The minimum Gasteiger partial charge on any atom is -0.372 e. The quantitative estimate of drug-likeness (QED) is 0.747. The molecule has 0 unspecified atom stereocenters. The molecule has 0 saturated carbocycles. The lowest BCUT2D eigenvalue weighted by atomic mass is 10.1. The number of carbonyl (C=O) groups is 1. The van der Waals surface area contributed by atoms with Crippen LogP contribution in [0.1, 0.15) is 30.9 Å². The van der Waals surface area contributed by atoms with Crippen LogP contribution in [0.25, 0.3) is 0 Å². The van der Waals surface area contributed by atoms with E-state index in [9.17, 15) is 13.2 Å². The molecule has 6 nitrogen and oxygen atoms in total. The van der Waals surface area contributed by atoms with Gasteiger partial charge < -0.3 is 10.2 Å². The van der Waals surface area contributed by atoms with Gasteiger partial charge in [0.05, 0.1) is 4.90 Å². The van der Waals surface area contributed by atoms with E-state index >= 15 is 0 Å². The van der Waals surface area contributed by atoms with E-state index < -0.39 is 10.0 Å². The molecule has 150 valence electrons. The van der Waals surface area contributed by atoms with Crippen LogP contribution in [0, 0.1) is 6.92 Å². The Kier molecular flexibility index (Phi) is 6.36. The SMILES string of the molecule is CC(=O)Nc1ccc(S(=O)(=O)NCCc2ccc(N3CCCC3)cc2)c(C)c1. The summed E-state index contributed by atoms with van der Waals surface area (Å²) in [5, 5.41) is 2.66. The van der Waals surface area contributed by atoms with Gasteiger partial charge in [-0.2, -0.15) is 0 Å². The fourth-order valence-electron chi connectivity index (χ4n) is 3.49. The monoisotopic (exact) mass is 401 g/mol. The molecule has 1 fully saturated rings. The number of rotatable bonds is 7. The van der Waals surface area contributed by atoms with Crippen molar-refractivity contribution in [3.05, 3.63) is 53.6 Å². The molecule has 1 heterocycles. The van der Waals surface area contributed by atoms with Crippen LogP contribution >= 0.6 is 0 Å². The summed E-state index contributed by atoms with van der Waals surface area (Å²) in [6, 6.07) is 13.1. The van der Waals surface area contributed by atoms with E-state index in [4.69, 9.17) is 0 Å². The molecule has 0 aromatic heterocycles. The maximum atomic E-state index is 12.6. The summed E-state index contributed by atoms with van der Waals surface area (Å²) >= 11 is 0. The van der Waals surface area contributed by atoms with E-state index in [0.29, 0.717) is 24.2 Å². The maximum absolute atomic E-state index is 12.6. The lowest BCUT2D eigenvalue weighted by Crippen LogP contribution is -2.26. The molecular weight excluding hydrogens is 374 g/mol. The Hall–Kier alpha value is -2.38. The van der Waals surface area contributed by atoms with Gasteiger partial charge in [-0.15, -0.1) is 0 Å². The minimum absolute atomic E-state index is 0.191. The number of nitrogens with zero attached hydrogens (tertiary/aromatic N) is 1. The first-order chi connectivity index (χ1) is 13.3.